The van der Waals surface area contributed by atoms with Crippen LogP contribution in [-0.2, 0) is 6.42 Å². The summed E-state index contributed by atoms with van der Waals surface area (Å²) in [6.45, 7) is 4.21. The van der Waals surface area contributed by atoms with Crippen LogP contribution in [-0.4, -0.2) is 11.0 Å². The van der Waals surface area contributed by atoms with Gasteiger partial charge in [-0.1, -0.05) is 37.3 Å². The fraction of sp³-hybridized carbons (Fsp3) is 0.357. The van der Waals surface area contributed by atoms with E-state index in [0.717, 1.165) is 17.1 Å². The van der Waals surface area contributed by atoms with Crippen LogP contribution in [0.5, 0.6) is 0 Å². The van der Waals surface area contributed by atoms with Gasteiger partial charge in [0.05, 0.1) is 10.7 Å². The Morgan fingerprint density at radius 2 is 2.00 bits per heavy atom. The molecule has 1 heterocycles. The van der Waals surface area contributed by atoms with Crippen molar-refractivity contribution in [3.8, 4) is 0 Å². The number of hydrogen-bond donors (Lipinski definition) is 1. The first-order valence-electron chi connectivity index (χ1n) is 5.88. The Kier molecular flexibility index (Phi) is 3.92. The van der Waals surface area contributed by atoms with Crippen molar-refractivity contribution in [1.29, 1.82) is 0 Å². The van der Waals surface area contributed by atoms with Gasteiger partial charge in [-0.25, -0.2) is 4.98 Å². The Balaban J connectivity index is 2.03. The van der Waals surface area contributed by atoms with Gasteiger partial charge in [-0.05, 0) is 18.4 Å². The first-order chi connectivity index (χ1) is 8.16. The molecular formula is C14H18N2S. The van der Waals surface area contributed by atoms with E-state index in [1.54, 1.807) is 11.3 Å². The number of nitrogens with two attached hydrogens (primary N) is 1. The molecule has 0 aliphatic carbocycles. The zero-order valence-electron chi connectivity index (χ0n) is 10.3. The van der Waals surface area contributed by atoms with Crippen molar-refractivity contribution >= 4 is 11.3 Å². The van der Waals surface area contributed by atoms with Crippen molar-refractivity contribution in [2.75, 3.05) is 0 Å². The van der Waals surface area contributed by atoms with Crippen molar-refractivity contribution in [3.63, 3.8) is 0 Å². The Bertz CT molecular complexity index is 464. The van der Waals surface area contributed by atoms with E-state index in [0.29, 0.717) is 5.92 Å². The molecule has 0 fully saturated rings. The minimum absolute atomic E-state index is 0.124. The summed E-state index contributed by atoms with van der Waals surface area (Å²) in [6.07, 6.45) is 0.848. The lowest BCUT2D eigenvalue weighted by molar-refractivity contribution is 0.559. The molecule has 2 atom stereocenters. The monoisotopic (exact) mass is 246 g/mol. The summed E-state index contributed by atoms with van der Waals surface area (Å²) in [7, 11) is 0. The number of aromatic nitrogens is 1. The summed E-state index contributed by atoms with van der Waals surface area (Å²) >= 11 is 1.69. The van der Waals surface area contributed by atoms with Gasteiger partial charge in [-0.3, -0.25) is 0 Å². The highest BCUT2D eigenvalue weighted by atomic mass is 32.1. The van der Waals surface area contributed by atoms with Crippen LogP contribution < -0.4 is 5.73 Å². The molecule has 2 N–H and O–H groups in total. The van der Waals surface area contributed by atoms with Crippen molar-refractivity contribution < 1.29 is 0 Å². The number of nitrogens with zero attached hydrogens (tertiary/aromatic N) is 1. The first kappa shape index (κ1) is 12.3. The quantitative estimate of drug-likeness (QED) is 0.900. The van der Waals surface area contributed by atoms with Crippen LogP contribution in [0, 0.1) is 6.92 Å². The van der Waals surface area contributed by atoms with Gasteiger partial charge in [-0.15, -0.1) is 11.3 Å². The Morgan fingerprint density at radius 1 is 1.29 bits per heavy atom. The maximum Gasteiger partial charge on any atom is 0.0897 e. The van der Waals surface area contributed by atoms with E-state index in [2.05, 4.69) is 41.6 Å². The molecule has 1 aromatic carbocycles. The van der Waals surface area contributed by atoms with Crippen molar-refractivity contribution in [3.05, 3.63) is 52.0 Å². The third kappa shape index (κ3) is 3.14. The van der Waals surface area contributed by atoms with E-state index in [1.165, 1.54) is 5.56 Å². The van der Waals surface area contributed by atoms with Gasteiger partial charge in [-0.2, -0.15) is 0 Å². The lowest BCUT2D eigenvalue weighted by atomic mass is 9.91. The van der Waals surface area contributed by atoms with Gasteiger partial charge < -0.3 is 5.73 Å². The summed E-state index contributed by atoms with van der Waals surface area (Å²) in [5.41, 5.74) is 8.67. The second-order valence-corrected chi connectivity index (χ2v) is 5.49. The van der Waals surface area contributed by atoms with Gasteiger partial charge in [0.25, 0.3) is 0 Å². The summed E-state index contributed by atoms with van der Waals surface area (Å²) in [5.74, 6) is 0.359. The molecule has 2 aromatic rings. The molecular weight excluding hydrogens is 228 g/mol. The minimum atomic E-state index is 0.124. The molecule has 0 aliphatic rings. The Labute approximate surface area is 107 Å². The lowest BCUT2D eigenvalue weighted by Crippen LogP contribution is -2.29. The normalized spacial score (nSPS) is 14.5. The van der Waals surface area contributed by atoms with Crippen LogP contribution in [0.2, 0.25) is 0 Å². The van der Waals surface area contributed by atoms with Crippen molar-refractivity contribution in [2.45, 2.75) is 32.2 Å². The molecule has 0 radical (unpaired) electrons. The summed E-state index contributed by atoms with van der Waals surface area (Å²) in [6, 6.07) is 10.6. The molecule has 0 bridgehead atoms. The zero-order chi connectivity index (χ0) is 12.3. The highest BCUT2D eigenvalue weighted by molar-refractivity contribution is 7.09. The van der Waals surface area contributed by atoms with E-state index in [4.69, 9.17) is 5.73 Å². The van der Waals surface area contributed by atoms with Gasteiger partial charge >= 0.3 is 0 Å². The topological polar surface area (TPSA) is 38.9 Å². The molecule has 2 nitrogen and oxygen atoms in total. The van der Waals surface area contributed by atoms with Gasteiger partial charge in [0, 0.05) is 17.8 Å². The van der Waals surface area contributed by atoms with Crippen LogP contribution in [0.1, 0.15) is 29.1 Å². The molecule has 2 rings (SSSR count). The molecule has 0 saturated carbocycles. The molecule has 0 aliphatic heterocycles. The first-order valence-corrected chi connectivity index (χ1v) is 6.76. The fourth-order valence-corrected chi connectivity index (χ4v) is 2.55. The summed E-state index contributed by atoms with van der Waals surface area (Å²) in [5, 5.41) is 3.21. The maximum atomic E-state index is 6.26. The van der Waals surface area contributed by atoms with E-state index in [1.807, 2.05) is 13.0 Å². The Morgan fingerprint density at radius 3 is 2.59 bits per heavy atom. The van der Waals surface area contributed by atoms with Crippen molar-refractivity contribution in [2.24, 2.45) is 5.73 Å². The number of thiazole rings is 1. The molecule has 0 amide bonds. The van der Waals surface area contributed by atoms with E-state index in [9.17, 15) is 0 Å². The average molecular weight is 246 g/mol. The van der Waals surface area contributed by atoms with Gasteiger partial charge in [0.2, 0.25) is 0 Å². The van der Waals surface area contributed by atoms with Gasteiger partial charge in [0.15, 0.2) is 0 Å². The predicted molar refractivity (Wildman–Crippen MR) is 73.4 cm³/mol. The van der Waals surface area contributed by atoms with Crippen LogP contribution in [0.25, 0.3) is 0 Å². The largest absolute Gasteiger partial charge is 0.327 e. The lowest BCUT2D eigenvalue weighted by Gasteiger charge is -2.19. The third-order valence-corrected chi connectivity index (χ3v) is 3.90. The molecule has 17 heavy (non-hydrogen) atoms. The second kappa shape index (κ2) is 5.43. The fourth-order valence-electron chi connectivity index (χ4n) is 1.92. The molecule has 0 saturated heterocycles. The maximum absolute atomic E-state index is 6.26. The third-order valence-electron chi connectivity index (χ3n) is 3.08. The number of aryl methyl sites for hydroxylation is 1. The zero-order valence-corrected chi connectivity index (χ0v) is 11.1. The number of hydrogen-bond acceptors (Lipinski definition) is 3. The van der Waals surface area contributed by atoms with Crippen LogP contribution in [0.15, 0.2) is 35.7 Å². The smallest absolute Gasteiger partial charge is 0.0897 e. The van der Waals surface area contributed by atoms with Gasteiger partial charge in [0.1, 0.15) is 0 Å². The van der Waals surface area contributed by atoms with Crippen molar-refractivity contribution in [1.82, 2.24) is 4.98 Å². The Hall–Kier alpha value is -1.19. The SMILES string of the molecule is Cc1nc(CC(N)C(C)c2ccccc2)cs1. The second-order valence-electron chi connectivity index (χ2n) is 4.43. The highest BCUT2D eigenvalue weighted by Crippen LogP contribution is 2.20. The number of benzene rings is 1. The standard InChI is InChI=1S/C14H18N2S/c1-10(12-6-4-3-5-7-12)14(15)8-13-9-17-11(2)16-13/h3-7,9-10,14H,8,15H2,1-2H3. The van der Waals surface area contributed by atoms with Crippen LogP contribution >= 0.6 is 11.3 Å². The number of rotatable bonds is 4. The van der Waals surface area contributed by atoms with E-state index < -0.39 is 0 Å². The summed E-state index contributed by atoms with van der Waals surface area (Å²) in [4.78, 5) is 4.47. The van der Waals surface area contributed by atoms with E-state index in [-0.39, 0.29) is 6.04 Å². The highest BCUT2D eigenvalue weighted by Gasteiger charge is 2.16. The van der Waals surface area contributed by atoms with Crippen LogP contribution in [0.4, 0.5) is 0 Å². The predicted octanol–water partition coefficient (Wildman–Crippen LogP) is 3.13. The molecule has 2 unspecified atom stereocenters. The average Bonchev–Trinajstić information content (AvgIpc) is 2.75. The molecule has 3 heteroatoms. The summed E-state index contributed by atoms with van der Waals surface area (Å²) < 4.78 is 0. The van der Waals surface area contributed by atoms with E-state index >= 15 is 0 Å². The van der Waals surface area contributed by atoms with Crippen LogP contribution in [0.3, 0.4) is 0 Å². The minimum Gasteiger partial charge on any atom is -0.327 e. The molecule has 1 aromatic heterocycles. The molecule has 90 valence electrons. The molecule has 0 spiro atoms.